The summed E-state index contributed by atoms with van der Waals surface area (Å²) in [5.74, 6) is 3.93. The van der Waals surface area contributed by atoms with Gasteiger partial charge in [-0.3, -0.25) is 4.79 Å². The fourth-order valence-electron chi connectivity index (χ4n) is 5.72. The zero-order valence-corrected chi connectivity index (χ0v) is 13.1. The van der Waals surface area contributed by atoms with E-state index in [0.29, 0.717) is 5.76 Å². The van der Waals surface area contributed by atoms with Gasteiger partial charge in [0.05, 0.1) is 5.69 Å². The highest BCUT2D eigenvalue weighted by Gasteiger charge is 2.49. The molecule has 4 heteroatoms. The lowest BCUT2D eigenvalue weighted by Gasteiger charge is -2.44. The summed E-state index contributed by atoms with van der Waals surface area (Å²) in [5, 5.41) is 4.16. The average molecular weight is 300 g/mol. The molecule has 2 atom stereocenters. The van der Waals surface area contributed by atoms with E-state index in [-0.39, 0.29) is 5.91 Å². The van der Waals surface area contributed by atoms with E-state index in [1.54, 1.807) is 0 Å². The van der Waals surface area contributed by atoms with Crippen LogP contribution in [0.15, 0.2) is 4.52 Å². The van der Waals surface area contributed by atoms with Gasteiger partial charge >= 0.3 is 0 Å². The summed E-state index contributed by atoms with van der Waals surface area (Å²) in [6.07, 6.45) is 9.84. The molecule has 4 nitrogen and oxygen atoms in total. The Morgan fingerprint density at radius 3 is 2.32 bits per heavy atom. The van der Waals surface area contributed by atoms with Gasteiger partial charge in [0.2, 0.25) is 5.76 Å². The van der Waals surface area contributed by atoms with Crippen molar-refractivity contribution in [3.05, 3.63) is 17.0 Å². The highest BCUT2D eigenvalue weighted by Crippen LogP contribution is 2.52. The summed E-state index contributed by atoms with van der Waals surface area (Å²) < 4.78 is 5.47. The highest BCUT2D eigenvalue weighted by atomic mass is 16.5. The molecule has 0 aromatic carbocycles. The minimum atomic E-state index is 0.115. The first kappa shape index (κ1) is 13.1. The Labute approximate surface area is 131 Å². The summed E-state index contributed by atoms with van der Waals surface area (Å²) in [6, 6.07) is 0. The van der Waals surface area contributed by atoms with Gasteiger partial charge in [-0.2, -0.15) is 0 Å². The quantitative estimate of drug-likeness (QED) is 0.801. The molecule has 22 heavy (non-hydrogen) atoms. The zero-order valence-electron chi connectivity index (χ0n) is 13.1. The predicted molar refractivity (Wildman–Crippen MR) is 81.5 cm³/mol. The van der Waals surface area contributed by atoms with Crippen LogP contribution in [0, 0.1) is 23.7 Å². The minimum Gasteiger partial charge on any atom is -0.350 e. The molecule has 1 aromatic rings. The lowest BCUT2D eigenvalue weighted by molar-refractivity contribution is 0.0577. The van der Waals surface area contributed by atoms with Crippen LogP contribution in [0.4, 0.5) is 0 Å². The number of amides is 1. The number of likely N-dealkylation sites (tertiary alicyclic amines) is 1. The first-order valence-corrected chi connectivity index (χ1v) is 9.08. The second-order valence-corrected chi connectivity index (χ2v) is 7.86. The van der Waals surface area contributed by atoms with Gasteiger partial charge in [0.15, 0.2) is 0 Å². The largest absolute Gasteiger partial charge is 0.350 e. The van der Waals surface area contributed by atoms with E-state index in [2.05, 4.69) is 10.1 Å². The molecule has 118 valence electrons. The summed E-state index contributed by atoms with van der Waals surface area (Å²) in [6.45, 7) is 1.92. The van der Waals surface area contributed by atoms with Crippen molar-refractivity contribution in [1.82, 2.24) is 10.1 Å². The Morgan fingerprint density at radius 1 is 1.00 bits per heavy atom. The zero-order chi connectivity index (χ0) is 14.7. The third kappa shape index (κ3) is 1.82. The number of carbonyl (C=O) groups excluding carboxylic acids is 1. The SMILES string of the molecule is O=C(c1onc2c1CCCC2)N1C[C@@H]2C3CCC(CC3)[C@@H]2C1. The Balaban J connectivity index is 1.39. The fraction of sp³-hybridized carbons (Fsp3) is 0.778. The summed E-state index contributed by atoms with van der Waals surface area (Å²) in [4.78, 5) is 15.0. The van der Waals surface area contributed by atoms with Crippen molar-refractivity contribution in [2.45, 2.75) is 51.4 Å². The maximum absolute atomic E-state index is 12.9. The molecule has 0 N–H and O–H groups in total. The molecule has 1 aliphatic heterocycles. The van der Waals surface area contributed by atoms with Crippen molar-refractivity contribution in [1.29, 1.82) is 0 Å². The number of carbonyl (C=O) groups is 1. The van der Waals surface area contributed by atoms with Crippen molar-refractivity contribution < 1.29 is 9.32 Å². The van der Waals surface area contributed by atoms with E-state index in [9.17, 15) is 4.79 Å². The first-order valence-electron chi connectivity index (χ1n) is 9.08. The molecule has 5 aliphatic rings. The summed E-state index contributed by atoms with van der Waals surface area (Å²) in [7, 11) is 0. The van der Waals surface area contributed by atoms with Crippen LogP contribution in [0.25, 0.3) is 0 Å². The predicted octanol–water partition coefficient (Wildman–Crippen LogP) is 3.06. The third-order valence-corrected chi connectivity index (χ3v) is 6.88. The smallest absolute Gasteiger partial charge is 0.292 e. The lowest BCUT2D eigenvalue weighted by Crippen LogP contribution is -2.38. The number of hydrogen-bond donors (Lipinski definition) is 0. The Kier molecular flexibility index (Phi) is 2.89. The summed E-state index contributed by atoms with van der Waals surface area (Å²) >= 11 is 0. The Morgan fingerprint density at radius 2 is 1.64 bits per heavy atom. The lowest BCUT2D eigenvalue weighted by atomic mass is 9.60. The van der Waals surface area contributed by atoms with Gasteiger partial charge < -0.3 is 9.42 Å². The van der Waals surface area contributed by atoms with Crippen LogP contribution < -0.4 is 0 Å². The number of hydrogen-bond acceptors (Lipinski definition) is 3. The van der Waals surface area contributed by atoms with Gasteiger partial charge in [-0.15, -0.1) is 0 Å². The van der Waals surface area contributed by atoms with E-state index in [0.717, 1.165) is 67.3 Å². The van der Waals surface area contributed by atoms with Gasteiger partial charge in [-0.05, 0) is 75.0 Å². The monoisotopic (exact) mass is 300 g/mol. The fourth-order valence-corrected chi connectivity index (χ4v) is 5.72. The number of nitrogens with zero attached hydrogens (tertiary/aromatic N) is 2. The van der Waals surface area contributed by atoms with Gasteiger partial charge in [0, 0.05) is 18.7 Å². The van der Waals surface area contributed by atoms with Gasteiger partial charge in [-0.25, -0.2) is 0 Å². The molecular formula is C18H24N2O2. The number of aryl methyl sites for hydroxylation is 1. The maximum atomic E-state index is 12.9. The van der Waals surface area contributed by atoms with E-state index in [1.165, 1.54) is 32.1 Å². The molecule has 2 bridgehead atoms. The normalized spacial score (nSPS) is 36.3. The van der Waals surface area contributed by atoms with Crippen molar-refractivity contribution >= 4 is 5.91 Å². The van der Waals surface area contributed by atoms with Gasteiger partial charge in [0.25, 0.3) is 5.91 Å². The van der Waals surface area contributed by atoms with Crippen molar-refractivity contribution in [2.24, 2.45) is 23.7 Å². The number of rotatable bonds is 1. The molecule has 1 aromatic heterocycles. The average Bonchev–Trinajstić information content (AvgIpc) is 3.21. The summed E-state index contributed by atoms with van der Waals surface area (Å²) in [5.41, 5.74) is 2.14. The Hall–Kier alpha value is -1.32. The van der Waals surface area contributed by atoms with Crippen molar-refractivity contribution in [2.75, 3.05) is 13.1 Å². The van der Waals surface area contributed by atoms with E-state index in [1.807, 2.05) is 0 Å². The van der Waals surface area contributed by atoms with E-state index < -0.39 is 0 Å². The van der Waals surface area contributed by atoms with Crippen LogP contribution in [0.1, 0.15) is 60.3 Å². The second-order valence-electron chi connectivity index (χ2n) is 7.86. The molecule has 3 saturated carbocycles. The molecule has 0 radical (unpaired) electrons. The molecule has 1 amide bonds. The molecule has 4 fully saturated rings. The van der Waals surface area contributed by atoms with Gasteiger partial charge in [-0.1, -0.05) is 5.16 Å². The highest BCUT2D eigenvalue weighted by molar-refractivity contribution is 5.93. The molecule has 0 unspecified atom stereocenters. The molecule has 0 spiro atoms. The van der Waals surface area contributed by atoms with Crippen molar-refractivity contribution in [3.8, 4) is 0 Å². The van der Waals surface area contributed by atoms with Gasteiger partial charge in [0.1, 0.15) is 0 Å². The molecule has 1 saturated heterocycles. The maximum Gasteiger partial charge on any atom is 0.292 e. The van der Waals surface area contributed by atoms with Crippen LogP contribution in [-0.2, 0) is 12.8 Å². The Bertz CT molecular complexity index is 580. The van der Waals surface area contributed by atoms with Crippen LogP contribution in [-0.4, -0.2) is 29.1 Å². The molecule has 4 aliphatic carbocycles. The third-order valence-electron chi connectivity index (χ3n) is 6.88. The molecule has 6 rings (SSSR count). The molecule has 2 heterocycles. The van der Waals surface area contributed by atoms with Crippen LogP contribution in [0.2, 0.25) is 0 Å². The molecular weight excluding hydrogens is 276 g/mol. The van der Waals surface area contributed by atoms with Crippen LogP contribution in [0.3, 0.4) is 0 Å². The number of aromatic nitrogens is 1. The van der Waals surface area contributed by atoms with Crippen molar-refractivity contribution in [3.63, 3.8) is 0 Å². The second kappa shape index (κ2) is 4.84. The van der Waals surface area contributed by atoms with E-state index in [4.69, 9.17) is 4.52 Å². The minimum absolute atomic E-state index is 0.115. The van der Waals surface area contributed by atoms with Crippen LogP contribution in [0.5, 0.6) is 0 Å². The number of fused-ring (bicyclic) bond motifs is 3. The van der Waals surface area contributed by atoms with Crippen LogP contribution >= 0.6 is 0 Å². The standard InChI is InChI=1S/C18H24N2O2/c21-18(17-13-3-1-2-4-16(13)19-22-17)20-9-14-11-5-6-12(8-7-11)15(14)10-20/h11-12,14-15H,1-10H2/t11?,12?,14-,15+. The topological polar surface area (TPSA) is 46.3 Å². The van der Waals surface area contributed by atoms with E-state index >= 15 is 0 Å². The first-order chi connectivity index (χ1) is 10.8.